The van der Waals surface area contributed by atoms with Crippen LogP contribution in [0.1, 0.15) is 39.2 Å². The third-order valence-electron chi connectivity index (χ3n) is 3.26. The number of hydrogen-bond acceptors (Lipinski definition) is 3. The SMILES string of the molecule is CCN(CCCC(=O)Nc1cccc(C#N)c1)C(C)C. The molecule has 0 aliphatic carbocycles. The van der Waals surface area contributed by atoms with Gasteiger partial charge in [0.25, 0.3) is 0 Å². The number of nitrogens with one attached hydrogen (secondary N) is 1. The fraction of sp³-hybridized carbons (Fsp3) is 0.500. The van der Waals surface area contributed by atoms with E-state index in [1.165, 1.54) is 0 Å². The van der Waals surface area contributed by atoms with Crippen LogP contribution in [-0.4, -0.2) is 29.9 Å². The van der Waals surface area contributed by atoms with Crippen LogP contribution in [0.4, 0.5) is 5.69 Å². The maximum Gasteiger partial charge on any atom is 0.224 e. The van der Waals surface area contributed by atoms with Crippen LogP contribution in [0.2, 0.25) is 0 Å². The zero-order valence-corrected chi connectivity index (χ0v) is 12.5. The lowest BCUT2D eigenvalue weighted by molar-refractivity contribution is -0.116. The van der Waals surface area contributed by atoms with Gasteiger partial charge in [0.15, 0.2) is 0 Å². The van der Waals surface area contributed by atoms with Crippen molar-refractivity contribution in [3.63, 3.8) is 0 Å². The molecule has 0 spiro atoms. The monoisotopic (exact) mass is 273 g/mol. The van der Waals surface area contributed by atoms with Crippen molar-refractivity contribution in [2.24, 2.45) is 0 Å². The molecule has 0 saturated carbocycles. The van der Waals surface area contributed by atoms with Gasteiger partial charge in [0.2, 0.25) is 5.91 Å². The highest BCUT2D eigenvalue weighted by Gasteiger charge is 2.08. The Morgan fingerprint density at radius 2 is 2.20 bits per heavy atom. The lowest BCUT2D eigenvalue weighted by atomic mass is 10.2. The van der Waals surface area contributed by atoms with Gasteiger partial charge in [-0.2, -0.15) is 5.26 Å². The Bertz CT molecular complexity index is 477. The zero-order valence-electron chi connectivity index (χ0n) is 12.5. The van der Waals surface area contributed by atoms with Gasteiger partial charge in [-0.3, -0.25) is 4.79 Å². The highest BCUT2D eigenvalue weighted by molar-refractivity contribution is 5.90. The number of nitrogens with zero attached hydrogens (tertiary/aromatic N) is 2. The molecule has 4 heteroatoms. The van der Waals surface area contributed by atoms with Gasteiger partial charge in [0.1, 0.15) is 0 Å². The lowest BCUT2D eigenvalue weighted by Crippen LogP contribution is -2.32. The minimum absolute atomic E-state index is 0.0000935. The third-order valence-corrected chi connectivity index (χ3v) is 3.26. The van der Waals surface area contributed by atoms with E-state index in [2.05, 4.69) is 37.1 Å². The molecule has 0 aliphatic heterocycles. The second kappa shape index (κ2) is 8.34. The standard InChI is InChI=1S/C16H23N3O/c1-4-19(13(2)3)10-6-9-16(20)18-15-8-5-7-14(11-15)12-17/h5,7-8,11,13H,4,6,9-10H2,1-3H3,(H,18,20). The van der Waals surface area contributed by atoms with Crippen molar-refractivity contribution in [1.82, 2.24) is 4.90 Å². The first kappa shape index (κ1) is 16.2. The van der Waals surface area contributed by atoms with E-state index in [4.69, 9.17) is 5.26 Å². The first-order valence-electron chi connectivity index (χ1n) is 7.11. The second-order valence-electron chi connectivity index (χ2n) is 5.07. The molecule has 20 heavy (non-hydrogen) atoms. The molecule has 1 rings (SSSR count). The van der Waals surface area contributed by atoms with Gasteiger partial charge in [-0.1, -0.05) is 13.0 Å². The van der Waals surface area contributed by atoms with E-state index in [0.29, 0.717) is 23.7 Å². The average molecular weight is 273 g/mol. The lowest BCUT2D eigenvalue weighted by Gasteiger charge is -2.24. The first-order valence-corrected chi connectivity index (χ1v) is 7.11. The summed E-state index contributed by atoms with van der Waals surface area (Å²) >= 11 is 0. The molecular formula is C16H23N3O. The Labute approximate surface area is 121 Å². The molecule has 0 aromatic heterocycles. The van der Waals surface area contributed by atoms with E-state index in [9.17, 15) is 4.79 Å². The molecule has 0 fully saturated rings. The number of rotatable bonds is 7. The molecular weight excluding hydrogens is 250 g/mol. The molecule has 0 atom stereocenters. The number of amides is 1. The summed E-state index contributed by atoms with van der Waals surface area (Å²) in [6.45, 7) is 8.39. The predicted molar refractivity (Wildman–Crippen MR) is 81.4 cm³/mol. The highest BCUT2D eigenvalue weighted by atomic mass is 16.1. The fourth-order valence-corrected chi connectivity index (χ4v) is 2.11. The molecule has 1 amide bonds. The maximum atomic E-state index is 11.8. The van der Waals surface area contributed by atoms with Crippen LogP contribution in [-0.2, 0) is 4.79 Å². The van der Waals surface area contributed by atoms with Gasteiger partial charge in [0.05, 0.1) is 11.6 Å². The number of carbonyl (C=O) groups is 1. The van der Waals surface area contributed by atoms with Crippen LogP contribution >= 0.6 is 0 Å². The van der Waals surface area contributed by atoms with Gasteiger partial charge >= 0.3 is 0 Å². The van der Waals surface area contributed by atoms with Gasteiger partial charge in [-0.25, -0.2) is 0 Å². The number of benzene rings is 1. The minimum Gasteiger partial charge on any atom is -0.326 e. The van der Waals surface area contributed by atoms with Crippen LogP contribution in [0.25, 0.3) is 0 Å². The summed E-state index contributed by atoms with van der Waals surface area (Å²) in [5, 5.41) is 11.6. The van der Waals surface area contributed by atoms with Crippen molar-refractivity contribution in [2.75, 3.05) is 18.4 Å². The van der Waals surface area contributed by atoms with Gasteiger partial charge in [0, 0.05) is 18.2 Å². The Morgan fingerprint density at radius 1 is 1.45 bits per heavy atom. The van der Waals surface area contributed by atoms with Crippen molar-refractivity contribution >= 4 is 11.6 Å². The highest BCUT2D eigenvalue weighted by Crippen LogP contribution is 2.10. The topological polar surface area (TPSA) is 56.1 Å². The predicted octanol–water partition coefficient (Wildman–Crippen LogP) is 3.01. The largest absolute Gasteiger partial charge is 0.326 e. The summed E-state index contributed by atoms with van der Waals surface area (Å²) < 4.78 is 0. The van der Waals surface area contributed by atoms with E-state index < -0.39 is 0 Å². The van der Waals surface area contributed by atoms with Gasteiger partial charge < -0.3 is 10.2 Å². The number of carbonyl (C=O) groups excluding carboxylic acids is 1. The number of hydrogen-bond donors (Lipinski definition) is 1. The summed E-state index contributed by atoms with van der Waals surface area (Å²) in [5.41, 5.74) is 1.24. The van der Waals surface area contributed by atoms with Crippen LogP contribution in [0, 0.1) is 11.3 Å². The van der Waals surface area contributed by atoms with Crippen LogP contribution in [0.15, 0.2) is 24.3 Å². The third kappa shape index (κ3) is 5.41. The number of nitriles is 1. The van der Waals surface area contributed by atoms with Crippen LogP contribution in [0.5, 0.6) is 0 Å². The second-order valence-corrected chi connectivity index (χ2v) is 5.07. The fourth-order valence-electron chi connectivity index (χ4n) is 2.11. The van der Waals surface area contributed by atoms with E-state index in [0.717, 1.165) is 19.5 Å². The van der Waals surface area contributed by atoms with Crippen molar-refractivity contribution in [3.05, 3.63) is 29.8 Å². The van der Waals surface area contributed by atoms with E-state index in [1.807, 2.05) is 0 Å². The minimum atomic E-state index is -0.0000935. The van der Waals surface area contributed by atoms with Crippen molar-refractivity contribution < 1.29 is 4.79 Å². The van der Waals surface area contributed by atoms with Crippen LogP contribution < -0.4 is 5.32 Å². The molecule has 1 aromatic rings. The normalized spacial score (nSPS) is 10.6. The zero-order chi connectivity index (χ0) is 15.0. The molecule has 0 radical (unpaired) electrons. The summed E-state index contributed by atoms with van der Waals surface area (Å²) in [6, 6.07) is 9.54. The van der Waals surface area contributed by atoms with Crippen LogP contribution in [0.3, 0.4) is 0 Å². The maximum absolute atomic E-state index is 11.8. The van der Waals surface area contributed by atoms with E-state index in [-0.39, 0.29) is 5.91 Å². The molecule has 1 N–H and O–H groups in total. The van der Waals surface area contributed by atoms with Crippen molar-refractivity contribution in [3.8, 4) is 6.07 Å². The molecule has 0 heterocycles. The molecule has 0 aliphatic rings. The molecule has 0 bridgehead atoms. The Balaban J connectivity index is 2.38. The average Bonchev–Trinajstić information content (AvgIpc) is 2.43. The van der Waals surface area contributed by atoms with Gasteiger partial charge in [-0.15, -0.1) is 0 Å². The van der Waals surface area contributed by atoms with Gasteiger partial charge in [-0.05, 0) is 51.6 Å². The summed E-state index contributed by atoms with van der Waals surface area (Å²) in [5.74, 6) is -0.0000935. The quantitative estimate of drug-likeness (QED) is 0.831. The summed E-state index contributed by atoms with van der Waals surface area (Å²) in [6.07, 6.45) is 1.34. The molecule has 108 valence electrons. The summed E-state index contributed by atoms with van der Waals surface area (Å²) in [7, 11) is 0. The van der Waals surface area contributed by atoms with Crippen molar-refractivity contribution in [1.29, 1.82) is 5.26 Å². The Kier molecular flexibility index (Phi) is 6.75. The summed E-state index contributed by atoms with van der Waals surface area (Å²) in [4.78, 5) is 14.2. The Morgan fingerprint density at radius 3 is 2.80 bits per heavy atom. The molecule has 1 aromatic carbocycles. The molecule has 4 nitrogen and oxygen atoms in total. The number of anilines is 1. The molecule has 0 saturated heterocycles. The Hall–Kier alpha value is -1.86. The smallest absolute Gasteiger partial charge is 0.224 e. The molecule has 0 unspecified atom stereocenters. The van der Waals surface area contributed by atoms with E-state index in [1.54, 1.807) is 24.3 Å². The first-order chi connectivity index (χ1) is 9.56. The van der Waals surface area contributed by atoms with E-state index >= 15 is 0 Å². The van der Waals surface area contributed by atoms with Crippen molar-refractivity contribution in [2.45, 2.75) is 39.7 Å².